The molecule has 1 aliphatic carbocycles. The van der Waals surface area contributed by atoms with Gasteiger partial charge in [0.05, 0.1) is 5.60 Å². The Balaban J connectivity index is 1.47. The van der Waals surface area contributed by atoms with E-state index in [9.17, 15) is 9.90 Å². The summed E-state index contributed by atoms with van der Waals surface area (Å²) in [5.74, 6) is 0.528. The van der Waals surface area contributed by atoms with E-state index < -0.39 is 5.60 Å². The number of anilines is 1. The number of amides is 1. The Morgan fingerprint density at radius 2 is 1.92 bits per heavy atom. The van der Waals surface area contributed by atoms with E-state index in [-0.39, 0.29) is 11.9 Å². The minimum absolute atomic E-state index is 0.0773. The molecule has 0 radical (unpaired) electrons. The average molecular weight is 339 g/mol. The number of carbonyl (C=O) groups is 1. The predicted octanol–water partition coefficient (Wildman–Crippen LogP) is 2.54. The molecule has 1 saturated carbocycles. The third kappa shape index (κ3) is 4.57. The second kappa shape index (κ2) is 7.66. The number of hydrogen-bond acceptors (Lipinski definition) is 4. The predicted molar refractivity (Wildman–Crippen MR) is 97.7 cm³/mol. The number of benzene rings is 1. The third-order valence-electron chi connectivity index (χ3n) is 4.99. The second-order valence-electron chi connectivity index (χ2n) is 6.83. The van der Waals surface area contributed by atoms with Crippen molar-refractivity contribution in [3.63, 3.8) is 0 Å². The molecule has 0 bridgehead atoms. The lowest BCUT2D eigenvalue weighted by Gasteiger charge is -2.36. The van der Waals surface area contributed by atoms with Crippen molar-refractivity contribution in [2.75, 3.05) is 5.73 Å². The van der Waals surface area contributed by atoms with Gasteiger partial charge in [0.2, 0.25) is 5.91 Å². The summed E-state index contributed by atoms with van der Waals surface area (Å²) in [6, 6.07) is 13.7. The molecule has 5 heteroatoms. The SMILES string of the molecule is Nc1ccc(C2(O)CCC(NC(=O)CCc3ccccc3)CC2)cn1. The fraction of sp³-hybridized carbons (Fsp3) is 0.400. The van der Waals surface area contributed by atoms with Gasteiger partial charge in [0.25, 0.3) is 0 Å². The number of nitrogens with zero attached hydrogens (tertiary/aromatic N) is 1. The minimum atomic E-state index is -0.869. The van der Waals surface area contributed by atoms with Gasteiger partial charge in [-0.3, -0.25) is 4.79 Å². The summed E-state index contributed by atoms with van der Waals surface area (Å²) in [5, 5.41) is 13.9. The van der Waals surface area contributed by atoms with E-state index in [1.807, 2.05) is 36.4 Å². The van der Waals surface area contributed by atoms with E-state index in [0.717, 1.165) is 24.8 Å². The number of nitrogens with one attached hydrogen (secondary N) is 1. The van der Waals surface area contributed by atoms with E-state index >= 15 is 0 Å². The van der Waals surface area contributed by atoms with Gasteiger partial charge in [-0.25, -0.2) is 4.98 Å². The number of aromatic nitrogens is 1. The number of nitrogens with two attached hydrogens (primary N) is 1. The van der Waals surface area contributed by atoms with E-state index in [2.05, 4.69) is 10.3 Å². The first-order chi connectivity index (χ1) is 12.0. The van der Waals surface area contributed by atoms with Crippen LogP contribution >= 0.6 is 0 Å². The zero-order valence-electron chi connectivity index (χ0n) is 14.3. The van der Waals surface area contributed by atoms with Crippen LogP contribution in [-0.2, 0) is 16.8 Å². The van der Waals surface area contributed by atoms with E-state index in [1.54, 1.807) is 12.3 Å². The molecule has 25 heavy (non-hydrogen) atoms. The van der Waals surface area contributed by atoms with Gasteiger partial charge in [-0.05, 0) is 43.7 Å². The van der Waals surface area contributed by atoms with Crippen molar-refractivity contribution in [1.29, 1.82) is 0 Å². The topological polar surface area (TPSA) is 88.2 Å². The molecular formula is C20H25N3O2. The summed E-state index contributed by atoms with van der Waals surface area (Å²) >= 11 is 0. The molecule has 1 amide bonds. The lowest BCUT2D eigenvalue weighted by atomic mass is 9.78. The zero-order chi connectivity index (χ0) is 17.7. The molecule has 1 aliphatic rings. The van der Waals surface area contributed by atoms with Crippen LogP contribution in [0.4, 0.5) is 5.82 Å². The summed E-state index contributed by atoms with van der Waals surface area (Å²) in [6.07, 6.45) is 5.64. The maximum atomic E-state index is 12.2. The number of rotatable bonds is 5. The first-order valence-electron chi connectivity index (χ1n) is 8.83. The van der Waals surface area contributed by atoms with Gasteiger partial charge in [-0.15, -0.1) is 0 Å². The summed E-state index contributed by atoms with van der Waals surface area (Å²) in [4.78, 5) is 16.2. The molecule has 2 aromatic rings. The normalized spacial score (nSPS) is 23.2. The monoisotopic (exact) mass is 339 g/mol. The molecule has 1 aromatic heterocycles. The molecule has 0 saturated heterocycles. The van der Waals surface area contributed by atoms with Crippen molar-refractivity contribution in [2.45, 2.75) is 50.2 Å². The average Bonchev–Trinajstić information content (AvgIpc) is 2.63. The molecule has 1 fully saturated rings. The molecule has 0 aliphatic heterocycles. The van der Waals surface area contributed by atoms with Gasteiger partial charge in [0.1, 0.15) is 5.82 Å². The third-order valence-corrected chi connectivity index (χ3v) is 4.99. The Morgan fingerprint density at radius 3 is 2.56 bits per heavy atom. The summed E-state index contributed by atoms with van der Waals surface area (Å²) in [7, 11) is 0. The highest BCUT2D eigenvalue weighted by Crippen LogP contribution is 2.36. The fourth-order valence-corrected chi connectivity index (χ4v) is 3.41. The van der Waals surface area contributed by atoms with Crippen molar-refractivity contribution in [2.24, 2.45) is 0 Å². The van der Waals surface area contributed by atoms with Crippen LogP contribution in [0.2, 0.25) is 0 Å². The van der Waals surface area contributed by atoms with Crippen LogP contribution in [0.5, 0.6) is 0 Å². The molecule has 0 spiro atoms. The van der Waals surface area contributed by atoms with Gasteiger partial charge in [0, 0.05) is 24.2 Å². The number of aryl methyl sites for hydroxylation is 1. The van der Waals surface area contributed by atoms with E-state index in [1.165, 1.54) is 5.56 Å². The molecular weight excluding hydrogens is 314 g/mol. The number of carbonyl (C=O) groups excluding carboxylic acids is 1. The molecule has 4 N–H and O–H groups in total. The smallest absolute Gasteiger partial charge is 0.220 e. The van der Waals surface area contributed by atoms with Crippen LogP contribution in [-0.4, -0.2) is 22.0 Å². The Labute approximate surface area is 148 Å². The Kier molecular flexibility index (Phi) is 5.34. The first-order valence-corrected chi connectivity index (χ1v) is 8.83. The Hall–Kier alpha value is -2.40. The van der Waals surface area contributed by atoms with Gasteiger partial charge in [-0.1, -0.05) is 36.4 Å². The molecule has 0 atom stereocenters. The van der Waals surface area contributed by atoms with Crippen molar-refractivity contribution in [3.8, 4) is 0 Å². The van der Waals surface area contributed by atoms with E-state index in [0.29, 0.717) is 25.1 Å². The van der Waals surface area contributed by atoms with Crippen LogP contribution in [0.3, 0.4) is 0 Å². The van der Waals surface area contributed by atoms with Gasteiger partial charge < -0.3 is 16.2 Å². The highest BCUT2D eigenvalue weighted by molar-refractivity contribution is 5.76. The maximum Gasteiger partial charge on any atom is 0.220 e. The van der Waals surface area contributed by atoms with Crippen molar-refractivity contribution >= 4 is 11.7 Å². The number of aliphatic hydroxyl groups is 1. The van der Waals surface area contributed by atoms with Crippen LogP contribution in [0, 0.1) is 0 Å². The van der Waals surface area contributed by atoms with E-state index in [4.69, 9.17) is 5.73 Å². The van der Waals surface area contributed by atoms with Crippen LogP contribution in [0.25, 0.3) is 0 Å². The molecule has 5 nitrogen and oxygen atoms in total. The molecule has 3 rings (SSSR count). The van der Waals surface area contributed by atoms with Gasteiger partial charge >= 0.3 is 0 Å². The number of nitrogen functional groups attached to an aromatic ring is 1. The van der Waals surface area contributed by atoms with Crippen LogP contribution in [0.15, 0.2) is 48.7 Å². The molecule has 1 aromatic carbocycles. The lowest BCUT2D eigenvalue weighted by molar-refractivity contribution is -0.122. The lowest BCUT2D eigenvalue weighted by Crippen LogP contribution is -2.42. The standard InChI is InChI=1S/C20H25N3O2/c21-18-8-7-16(14-22-18)20(25)12-10-17(11-13-20)23-19(24)9-6-15-4-2-1-3-5-15/h1-5,7-8,14,17,25H,6,9-13H2,(H2,21,22)(H,23,24). The number of pyridine rings is 1. The molecule has 0 unspecified atom stereocenters. The molecule has 132 valence electrons. The van der Waals surface area contributed by atoms with Crippen molar-refractivity contribution in [1.82, 2.24) is 10.3 Å². The summed E-state index contributed by atoms with van der Waals surface area (Å²) in [5.41, 5.74) is 6.71. The Bertz CT molecular complexity index is 693. The fourth-order valence-electron chi connectivity index (χ4n) is 3.41. The Morgan fingerprint density at radius 1 is 1.20 bits per heavy atom. The quantitative estimate of drug-likeness (QED) is 0.781. The van der Waals surface area contributed by atoms with Gasteiger partial charge in [-0.2, -0.15) is 0 Å². The molecule has 1 heterocycles. The first kappa shape index (κ1) is 17.4. The summed E-state index contributed by atoms with van der Waals surface area (Å²) < 4.78 is 0. The maximum absolute atomic E-state index is 12.2. The highest BCUT2D eigenvalue weighted by atomic mass is 16.3. The largest absolute Gasteiger partial charge is 0.385 e. The van der Waals surface area contributed by atoms with Crippen molar-refractivity contribution in [3.05, 3.63) is 59.8 Å². The van der Waals surface area contributed by atoms with Gasteiger partial charge in [0.15, 0.2) is 0 Å². The number of hydrogen-bond donors (Lipinski definition) is 3. The highest BCUT2D eigenvalue weighted by Gasteiger charge is 2.35. The summed E-state index contributed by atoms with van der Waals surface area (Å²) in [6.45, 7) is 0. The second-order valence-corrected chi connectivity index (χ2v) is 6.83. The van der Waals surface area contributed by atoms with Crippen molar-refractivity contribution < 1.29 is 9.90 Å². The van der Waals surface area contributed by atoms with Crippen LogP contribution in [0.1, 0.15) is 43.2 Å². The van der Waals surface area contributed by atoms with Crippen LogP contribution < -0.4 is 11.1 Å². The zero-order valence-corrected chi connectivity index (χ0v) is 14.3. The minimum Gasteiger partial charge on any atom is -0.385 e.